The van der Waals surface area contributed by atoms with Crippen LogP contribution in [0.25, 0.3) is 0 Å². The highest BCUT2D eigenvalue weighted by Crippen LogP contribution is 2.24. The molecule has 0 saturated heterocycles. The van der Waals surface area contributed by atoms with Crippen LogP contribution in [0.3, 0.4) is 0 Å². The Morgan fingerprint density at radius 1 is 1.16 bits per heavy atom. The smallest absolute Gasteiger partial charge is 0.222 e. The van der Waals surface area contributed by atoms with E-state index >= 15 is 0 Å². The number of hydrogen-bond acceptors (Lipinski definition) is 2. The predicted octanol–water partition coefficient (Wildman–Crippen LogP) is 3.19. The highest BCUT2D eigenvalue weighted by Gasteiger charge is 2.22. The van der Waals surface area contributed by atoms with Crippen LogP contribution < -0.4 is 5.32 Å². The van der Waals surface area contributed by atoms with Crippen molar-refractivity contribution < 1.29 is 4.79 Å². The quantitative estimate of drug-likeness (QED) is 0.719. The first-order valence-electron chi connectivity index (χ1n) is 8.05. The zero-order valence-electron chi connectivity index (χ0n) is 13.2. The fourth-order valence-electron chi connectivity index (χ4n) is 2.95. The molecule has 0 heterocycles. The minimum Gasteiger partial charge on any atom is -0.356 e. The fourth-order valence-corrected chi connectivity index (χ4v) is 2.95. The van der Waals surface area contributed by atoms with Crippen molar-refractivity contribution in [1.29, 1.82) is 0 Å². The monoisotopic (exact) mass is 268 g/mol. The Bertz CT molecular complexity index is 257. The van der Waals surface area contributed by atoms with Crippen molar-refractivity contribution >= 4 is 5.91 Å². The molecule has 1 saturated carbocycles. The maximum absolute atomic E-state index is 11.5. The van der Waals surface area contributed by atoms with Crippen molar-refractivity contribution in [3.8, 4) is 0 Å². The number of nitrogens with zero attached hydrogens (tertiary/aromatic N) is 1. The zero-order chi connectivity index (χ0) is 14.3. The zero-order valence-corrected chi connectivity index (χ0v) is 13.2. The summed E-state index contributed by atoms with van der Waals surface area (Å²) in [5, 5.41) is 3.01. The summed E-state index contributed by atoms with van der Waals surface area (Å²) >= 11 is 0. The van der Waals surface area contributed by atoms with Gasteiger partial charge in [-0.15, -0.1) is 0 Å². The Kier molecular flexibility index (Phi) is 7.44. The largest absolute Gasteiger partial charge is 0.356 e. The van der Waals surface area contributed by atoms with E-state index in [9.17, 15) is 4.79 Å². The van der Waals surface area contributed by atoms with Crippen molar-refractivity contribution in [1.82, 2.24) is 10.2 Å². The third-order valence-electron chi connectivity index (χ3n) is 4.12. The van der Waals surface area contributed by atoms with Gasteiger partial charge in [-0.3, -0.25) is 9.69 Å². The summed E-state index contributed by atoms with van der Waals surface area (Å²) in [5.74, 6) is 0.272. The molecule has 0 aromatic heterocycles. The van der Waals surface area contributed by atoms with Crippen molar-refractivity contribution in [2.24, 2.45) is 5.92 Å². The summed E-state index contributed by atoms with van der Waals surface area (Å²) in [6, 6.07) is 1.39. The fraction of sp³-hybridized carbons (Fsp3) is 0.938. The summed E-state index contributed by atoms with van der Waals surface area (Å²) in [4.78, 5) is 14.1. The molecule has 1 amide bonds. The van der Waals surface area contributed by atoms with E-state index in [0.717, 1.165) is 25.6 Å². The summed E-state index contributed by atoms with van der Waals surface area (Å²) in [6.45, 7) is 10.4. The van der Waals surface area contributed by atoms with E-state index in [-0.39, 0.29) is 11.8 Å². The van der Waals surface area contributed by atoms with Gasteiger partial charge in [-0.25, -0.2) is 0 Å². The molecule has 0 spiro atoms. The van der Waals surface area contributed by atoms with Gasteiger partial charge in [0.25, 0.3) is 0 Å². The van der Waals surface area contributed by atoms with Gasteiger partial charge in [0.1, 0.15) is 0 Å². The Morgan fingerprint density at radius 3 is 2.32 bits per heavy atom. The Labute approximate surface area is 119 Å². The molecular formula is C16H32N2O. The lowest BCUT2D eigenvalue weighted by Crippen LogP contribution is -2.43. The van der Waals surface area contributed by atoms with E-state index in [2.05, 4.69) is 24.1 Å². The van der Waals surface area contributed by atoms with E-state index in [0.29, 0.717) is 6.04 Å². The molecule has 3 nitrogen and oxygen atoms in total. The highest BCUT2D eigenvalue weighted by molar-refractivity contribution is 5.77. The second-order valence-electron chi connectivity index (χ2n) is 6.42. The molecule has 1 fully saturated rings. The average Bonchev–Trinajstić information content (AvgIpc) is 2.38. The first kappa shape index (κ1) is 16.5. The molecule has 0 aromatic carbocycles. The molecule has 0 aromatic rings. The Morgan fingerprint density at radius 2 is 1.79 bits per heavy atom. The maximum atomic E-state index is 11.5. The normalized spacial score (nSPS) is 17.4. The lowest BCUT2D eigenvalue weighted by Gasteiger charge is -2.37. The predicted molar refractivity (Wildman–Crippen MR) is 81.2 cm³/mol. The summed E-state index contributed by atoms with van der Waals surface area (Å²) < 4.78 is 0. The van der Waals surface area contributed by atoms with Crippen molar-refractivity contribution in [2.75, 3.05) is 13.1 Å². The second-order valence-corrected chi connectivity index (χ2v) is 6.42. The number of rotatable bonds is 7. The number of carbonyl (C=O) groups is 1. The second kappa shape index (κ2) is 8.57. The molecule has 1 N–H and O–H groups in total. The molecule has 3 heteroatoms. The van der Waals surface area contributed by atoms with E-state index in [4.69, 9.17) is 0 Å². The molecule has 1 aliphatic carbocycles. The van der Waals surface area contributed by atoms with Crippen LogP contribution in [0.15, 0.2) is 0 Å². The Balaban J connectivity index is 2.28. The molecule has 1 aliphatic rings. The third kappa shape index (κ3) is 5.94. The van der Waals surface area contributed by atoms with Gasteiger partial charge in [0.05, 0.1) is 0 Å². The van der Waals surface area contributed by atoms with Gasteiger partial charge < -0.3 is 5.32 Å². The van der Waals surface area contributed by atoms with Crippen molar-refractivity contribution in [3.05, 3.63) is 0 Å². The number of hydrogen-bond donors (Lipinski definition) is 1. The van der Waals surface area contributed by atoms with Crippen LogP contribution in [0, 0.1) is 5.92 Å². The van der Waals surface area contributed by atoms with E-state index in [1.807, 2.05) is 13.8 Å². The number of carbonyl (C=O) groups excluding carboxylic acids is 1. The molecule has 112 valence electrons. The van der Waals surface area contributed by atoms with Gasteiger partial charge in [0, 0.05) is 31.1 Å². The van der Waals surface area contributed by atoms with Crippen LogP contribution in [0.5, 0.6) is 0 Å². The van der Waals surface area contributed by atoms with Gasteiger partial charge in [-0.2, -0.15) is 0 Å². The van der Waals surface area contributed by atoms with Gasteiger partial charge in [0.2, 0.25) is 5.91 Å². The first-order chi connectivity index (χ1) is 9.02. The lowest BCUT2D eigenvalue weighted by atomic mass is 9.93. The van der Waals surface area contributed by atoms with Crippen molar-refractivity contribution in [2.45, 2.75) is 78.3 Å². The SMILES string of the molecule is CC(C)C(=O)NCCCN(C(C)C)C1CCCCC1. The van der Waals surface area contributed by atoms with E-state index in [1.165, 1.54) is 32.1 Å². The molecule has 0 aliphatic heterocycles. The highest BCUT2D eigenvalue weighted by atomic mass is 16.1. The first-order valence-corrected chi connectivity index (χ1v) is 8.05. The van der Waals surface area contributed by atoms with Crippen LogP contribution in [0.4, 0.5) is 0 Å². The van der Waals surface area contributed by atoms with Crippen LogP contribution in [-0.2, 0) is 4.79 Å². The Hall–Kier alpha value is -0.570. The van der Waals surface area contributed by atoms with E-state index < -0.39 is 0 Å². The van der Waals surface area contributed by atoms with Crippen LogP contribution in [0.1, 0.15) is 66.2 Å². The molecule has 19 heavy (non-hydrogen) atoms. The molecule has 0 bridgehead atoms. The summed E-state index contributed by atoms with van der Waals surface area (Å²) in [5.41, 5.74) is 0. The molecule has 0 radical (unpaired) electrons. The number of nitrogens with one attached hydrogen (secondary N) is 1. The third-order valence-corrected chi connectivity index (χ3v) is 4.12. The van der Waals surface area contributed by atoms with E-state index in [1.54, 1.807) is 0 Å². The van der Waals surface area contributed by atoms with Gasteiger partial charge in [-0.05, 0) is 33.1 Å². The lowest BCUT2D eigenvalue weighted by molar-refractivity contribution is -0.123. The minimum atomic E-state index is 0.0968. The van der Waals surface area contributed by atoms with Gasteiger partial charge in [0.15, 0.2) is 0 Å². The topological polar surface area (TPSA) is 32.3 Å². The van der Waals surface area contributed by atoms with Crippen LogP contribution in [0.2, 0.25) is 0 Å². The van der Waals surface area contributed by atoms with Crippen LogP contribution in [-0.4, -0.2) is 36.0 Å². The average molecular weight is 268 g/mol. The minimum absolute atomic E-state index is 0.0968. The van der Waals surface area contributed by atoms with Gasteiger partial charge >= 0.3 is 0 Å². The molecule has 1 rings (SSSR count). The molecule has 0 atom stereocenters. The molecule has 0 unspecified atom stereocenters. The molecular weight excluding hydrogens is 236 g/mol. The van der Waals surface area contributed by atoms with Crippen molar-refractivity contribution in [3.63, 3.8) is 0 Å². The maximum Gasteiger partial charge on any atom is 0.222 e. The number of amides is 1. The standard InChI is InChI=1S/C16H32N2O/c1-13(2)16(19)17-11-8-12-18(14(3)4)15-9-6-5-7-10-15/h13-15H,5-12H2,1-4H3,(H,17,19). The van der Waals surface area contributed by atoms with Gasteiger partial charge in [-0.1, -0.05) is 33.1 Å². The summed E-state index contributed by atoms with van der Waals surface area (Å²) in [7, 11) is 0. The van der Waals surface area contributed by atoms with Crippen LogP contribution >= 0.6 is 0 Å². The summed E-state index contributed by atoms with van der Waals surface area (Å²) in [6.07, 6.45) is 7.96.